The molecule has 2 rings (SSSR count). The van der Waals surface area contributed by atoms with Crippen LogP contribution in [0.3, 0.4) is 0 Å². The lowest BCUT2D eigenvalue weighted by atomic mass is 10.2. The molecule has 14 heavy (non-hydrogen) atoms. The molecule has 0 saturated heterocycles. The number of aryl methyl sites for hydroxylation is 1. The summed E-state index contributed by atoms with van der Waals surface area (Å²) < 4.78 is 5.46. The maximum absolute atomic E-state index is 5.46. The molecule has 1 aromatic heterocycles. The van der Waals surface area contributed by atoms with Gasteiger partial charge in [-0.15, -0.1) is 5.92 Å². The largest absolute Gasteiger partial charge is 0.464 e. The molecule has 0 saturated carbocycles. The predicted octanol–water partition coefficient (Wildman–Crippen LogP) is 1.37. The molecular formula is C11H12N2O. The molecule has 1 aromatic rings. The van der Waals surface area contributed by atoms with E-state index in [0.29, 0.717) is 6.61 Å². The zero-order chi connectivity index (χ0) is 9.80. The number of hydrogen-bond donors (Lipinski definition) is 0. The summed E-state index contributed by atoms with van der Waals surface area (Å²) in [4.78, 5) is 8.34. The molecule has 72 valence electrons. The van der Waals surface area contributed by atoms with Gasteiger partial charge < -0.3 is 4.74 Å². The molecule has 0 atom stereocenters. The molecule has 0 bridgehead atoms. The van der Waals surface area contributed by atoms with E-state index in [1.165, 1.54) is 5.56 Å². The average molecular weight is 188 g/mol. The third-order valence-electron chi connectivity index (χ3n) is 2.29. The van der Waals surface area contributed by atoms with E-state index in [2.05, 4.69) is 21.8 Å². The van der Waals surface area contributed by atoms with Crippen LogP contribution in [0.25, 0.3) is 0 Å². The molecule has 0 N–H and O–H groups in total. The Morgan fingerprint density at radius 3 is 3.21 bits per heavy atom. The van der Waals surface area contributed by atoms with E-state index in [-0.39, 0.29) is 0 Å². The van der Waals surface area contributed by atoms with E-state index in [0.717, 1.165) is 30.8 Å². The molecule has 0 aliphatic heterocycles. The quantitative estimate of drug-likeness (QED) is 0.657. The topological polar surface area (TPSA) is 35.0 Å². The molecule has 3 heteroatoms. The lowest BCUT2D eigenvalue weighted by molar-refractivity contribution is 0.350. The van der Waals surface area contributed by atoms with Gasteiger partial charge in [-0.1, -0.05) is 5.92 Å². The molecule has 1 heterocycles. The number of aromatic nitrogens is 2. The highest BCUT2D eigenvalue weighted by atomic mass is 16.5. The van der Waals surface area contributed by atoms with Crippen LogP contribution < -0.4 is 4.74 Å². The standard InChI is InChI=1S/C11H12N2O/c1-2-3-7-14-11-9-5-4-6-10(9)12-8-13-11/h8H,4-7H2,1H3. The predicted molar refractivity (Wildman–Crippen MR) is 53.0 cm³/mol. The van der Waals surface area contributed by atoms with Crippen LogP contribution in [0.2, 0.25) is 0 Å². The van der Waals surface area contributed by atoms with Gasteiger partial charge in [0, 0.05) is 5.56 Å². The first kappa shape index (κ1) is 9.01. The highest BCUT2D eigenvalue weighted by molar-refractivity contribution is 5.33. The van der Waals surface area contributed by atoms with Crippen LogP contribution in [-0.4, -0.2) is 16.6 Å². The molecule has 0 spiro atoms. The van der Waals surface area contributed by atoms with Crippen LogP contribution in [0.4, 0.5) is 0 Å². The number of nitrogens with zero attached hydrogens (tertiary/aromatic N) is 2. The van der Waals surface area contributed by atoms with Gasteiger partial charge in [-0.2, -0.15) is 0 Å². The molecule has 0 fully saturated rings. The fourth-order valence-corrected chi connectivity index (χ4v) is 1.63. The molecule has 1 aliphatic rings. The van der Waals surface area contributed by atoms with Crippen molar-refractivity contribution < 1.29 is 4.74 Å². The molecule has 0 amide bonds. The van der Waals surface area contributed by atoms with Crippen molar-refractivity contribution in [1.29, 1.82) is 0 Å². The second-order valence-electron chi connectivity index (χ2n) is 3.17. The maximum atomic E-state index is 5.46. The van der Waals surface area contributed by atoms with Crippen LogP contribution in [-0.2, 0) is 12.8 Å². The van der Waals surface area contributed by atoms with Crippen molar-refractivity contribution in [2.24, 2.45) is 0 Å². The van der Waals surface area contributed by atoms with Crippen LogP contribution in [0.1, 0.15) is 24.6 Å². The van der Waals surface area contributed by atoms with Gasteiger partial charge >= 0.3 is 0 Å². The summed E-state index contributed by atoms with van der Waals surface area (Å²) in [6.07, 6.45) is 4.81. The van der Waals surface area contributed by atoms with Crippen molar-refractivity contribution in [3.8, 4) is 17.7 Å². The average Bonchev–Trinajstić information content (AvgIpc) is 2.67. The van der Waals surface area contributed by atoms with E-state index in [1.807, 2.05) is 0 Å². The summed E-state index contributed by atoms with van der Waals surface area (Å²) in [6.45, 7) is 2.22. The van der Waals surface area contributed by atoms with Crippen molar-refractivity contribution in [3.05, 3.63) is 17.6 Å². The molecule has 3 nitrogen and oxygen atoms in total. The van der Waals surface area contributed by atoms with Crippen LogP contribution >= 0.6 is 0 Å². The summed E-state index contributed by atoms with van der Waals surface area (Å²) in [5.41, 5.74) is 2.31. The van der Waals surface area contributed by atoms with Gasteiger partial charge in [0.1, 0.15) is 6.33 Å². The Kier molecular flexibility index (Phi) is 2.64. The van der Waals surface area contributed by atoms with Gasteiger partial charge in [0.15, 0.2) is 6.61 Å². The lowest BCUT2D eigenvalue weighted by Crippen LogP contribution is -2.01. The van der Waals surface area contributed by atoms with Gasteiger partial charge in [0.05, 0.1) is 5.69 Å². The summed E-state index contributed by atoms with van der Waals surface area (Å²) in [7, 11) is 0. The smallest absolute Gasteiger partial charge is 0.220 e. The second-order valence-corrected chi connectivity index (χ2v) is 3.17. The SMILES string of the molecule is CC#CCOc1ncnc2c1CCC2. The number of fused-ring (bicyclic) bond motifs is 1. The van der Waals surface area contributed by atoms with Gasteiger partial charge in [-0.05, 0) is 26.2 Å². The van der Waals surface area contributed by atoms with Gasteiger partial charge in [-0.25, -0.2) is 9.97 Å². The first-order valence-corrected chi connectivity index (χ1v) is 4.77. The van der Waals surface area contributed by atoms with Crippen LogP contribution in [0.15, 0.2) is 6.33 Å². The van der Waals surface area contributed by atoms with Crippen LogP contribution in [0, 0.1) is 11.8 Å². The number of ether oxygens (including phenoxy) is 1. The fourth-order valence-electron chi connectivity index (χ4n) is 1.63. The highest BCUT2D eigenvalue weighted by Crippen LogP contribution is 2.26. The number of hydrogen-bond acceptors (Lipinski definition) is 3. The van der Waals surface area contributed by atoms with E-state index in [1.54, 1.807) is 13.3 Å². The molecule has 1 aliphatic carbocycles. The Morgan fingerprint density at radius 1 is 1.43 bits per heavy atom. The summed E-state index contributed by atoms with van der Waals surface area (Å²) in [6, 6.07) is 0. The minimum absolute atomic E-state index is 0.417. The van der Waals surface area contributed by atoms with Gasteiger partial charge in [0.25, 0.3) is 0 Å². The Bertz CT molecular complexity index is 390. The maximum Gasteiger partial charge on any atom is 0.220 e. The zero-order valence-corrected chi connectivity index (χ0v) is 8.21. The monoisotopic (exact) mass is 188 g/mol. The third-order valence-corrected chi connectivity index (χ3v) is 2.29. The van der Waals surface area contributed by atoms with Crippen molar-refractivity contribution >= 4 is 0 Å². The summed E-state index contributed by atoms with van der Waals surface area (Å²) >= 11 is 0. The minimum Gasteiger partial charge on any atom is -0.464 e. The third kappa shape index (κ3) is 1.69. The van der Waals surface area contributed by atoms with Crippen molar-refractivity contribution in [2.75, 3.05) is 6.61 Å². The van der Waals surface area contributed by atoms with Crippen molar-refractivity contribution in [1.82, 2.24) is 9.97 Å². The Labute approximate surface area is 83.5 Å². The van der Waals surface area contributed by atoms with E-state index in [9.17, 15) is 0 Å². The van der Waals surface area contributed by atoms with Crippen LogP contribution in [0.5, 0.6) is 5.88 Å². The second kappa shape index (κ2) is 4.10. The van der Waals surface area contributed by atoms with Gasteiger partial charge in [-0.3, -0.25) is 0 Å². The molecule has 0 radical (unpaired) electrons. The first-order valence-electron chi connectivity index (χ1n) is 4.77. The highest BCUT2D eigenvalue weighted by Gasteiger charge is 2.17. The normalized spacial score (nSPS) is 12.9. The molecule has 0 aromatic carbocycles. The Morgan fingerprint density at radius 2 is 2.36 bits per heavy atom. The zero-order valence-electron chi connectivity index (χ0n) is 8.21. The summed E-state index contributed by atoms with van der Waals surface area (Å²) in [5.74, 6) is 6.36. The van der Waals surface area contributed by atoms with Crippen molar-refractivity contribution in [3.63, 3.8) is 0 Å². The molecular weight excluding hydrogens is 176 g/mol. The summed E-state index contributed by atoms with van der Waals surface area (Å²) in [5, 5.41) is 0. The van der Waals surface area contributed by atoms with Gasteiger partial charge in [0.2, 0.25) is 5.88 Å². The Hall–Kier alpha value is -1.56. The van der Waals surface area contributed by atoms with E-state index >= 15 is 0 Å². The lowest BCUT2D eigenvalue weighted by Gasteiger charge is -2.05. The Balaban J connectivity index is 2.16. The van der Waals surface area contributed by atoms with E-state index in [4.69, 9.17) is 4.74 Å². The first-order chi connectivity index (χ1) is 6.92. The van der Waals surface area contributed by atoms with E-state index < -0.39 is 0 Å². The fraction of sp³-hybridized carbons (Fsp3) is 0.455. The number of rotatable bonds is 2. The van der Waals surface area contributed by atoms with Crippen molar-refractivity contribution in [2.45, 2.75) is 26.2 Å². The molecule has 0 unspecified atom stereocenters. The minimum atomic E-state index is 0.417.